The zero-order valence-corrected chi connectivity index (χ0v) is 12.9. The number of hydrogen-bond donors (Lipinski definition) is 2. The van der Waals surface area contributed by atoms with Crippen LogP contribution in [0.15, 0.2) is 33.7 Å². The molecule has 0 aliphatic carbocycles. The third-order valence-corrected chi connectivity index (χ3v) is 4.08. The molecule has 1 heterocycles. The summed E-state index contributed by atoms with van der Waals surface area (Å²) in [4.78, 5) is 0.0382. The van der Waals surface area contributed by atoms with Gasteiger partial charge in [0.25, 0.3) is 10.0 Å². The maximum Gasteiger partial charge on any atom is 0.263 e. The Labute approximate surface area is 128 Å². The molecule has 8 heteroatoms. The lowest BCUT2D eigenvalue weighted by Gasteiger charge is -2.11. The Morgan fingerprint density at radius 1 is 1.41 bits per heavy atom. The average Bonchev–Trinajstić information content (AvgIpc) is 2.89. The average molecular weight is 321 g/mol. The van der Waals surface area contributed by atoms with Crippen LogP contribution in [0.2, 0.25) is 0 Å². The van der Waals surface area contributed by atoms with E-state index in [-0.39, 0.29) is 10.7 Å². The normalized spacial score (nSPS) is 10.8. The minimum absolute atomic E-state index is 0.0382. The van der Waals surface area contributed by atoms with Crippen molar-refractivity contribution in [2.75, 3.05) is 23.7 Å². The number of aryl methyl sites for hydroxylation is 1. The Kier molecular flexibility index (Phi) is 4.58. The lowest BCUT2D eigenvalue weighted by atomic mass is 10.3. The summed E-state index contributed by atoms with van der Waals surface area (Å²) in [5.41, 5.74) is 0.608. The van der Waals surface area contributed by atoms with Gasteiger partial charge in [0.2, 0.25) is 0 Å². The number of terminal acetylenes is 1. The molecule has 1 aromatic carbocycles. The van der Waals surface area contributed by atoms with Crippen LogP contribution in [-0.2, 0) is 10.0 Å². The zero-order valence-electron chi connectivity index (χ0n) is 12.1. The van der Waals surface area contributed by atoms with E-state index in [0.717, 1.165) is 0 Å². The molecule has 0 aliphatic heterocycles. The van der Waals surface area contributed by atoms with Gasteiger partial charge in [0.05, 0.1) is 24.2 Å². The van der Waals surface area contributed by atoms with Gasteiger partial charge in [-0.2, -0.15) is 0 Å². The molecule has 2 rings (SSSR count). The second-order valence-corrected chi connectivity index (χ2v) is 6.03. The number of aromatic nitrogens is 1. The third-order valence-electron chi connectivity index (χ3n) is 2.73. The topological polar surface area (TPSA) is 93.5 Å². The van der Waals surface area contributed by atoms with E-state index in [9.17, 15) is 8.42 Å². The molecule has 0 saturated carbocycles. The highest BCUT2D eigenvalue weighted by molar-refractivity contribution is 7.92. The first-order valence-electron chi connectivity index (χ1n) is 6.28. The van der Waals surface area contributed by atoms with Crippen LogP contribution in [0.4, 0.5) is 11.5 Å². The number of benzene rings is 1. The van der Waals surface area contributed by atoms with Crippen LogP contribution in [0.3, 0.4) is 0 Å². The largest absolute Gasteiger partial charge is 0.495 e. The summed E-state index contributed by atoms with van der Waals surface area (Å²) in [7, 11) is -2.34. The molecule has 1 aromatic heterocycles. The van der Waals surface area contributed by atoms with Gasteiger partial charge in [-0.05, 0) is 19.1 Å². The molecule has 0 amide bonds. The highest BCUT2D eigenvalue weighted by Gasteiger charge is 2.18. The Morgan fingerprint density at radius 3 is 2.77 bits per heavy atom. The second-order valence-electron chi connectivity index (χ2n) is 4.35. The van der Waals surface area contributed by atoms with Gasteiger partial charge in [0.15, 0.2) is 5.82 Å². The van der Waals surface area contributed by atoms with Gasteiger partial charge in [-0.1, -0.05) is 11.1 Å². The Bertz CT molecular complexity index is 806. The van der Waals surface area contributed by atoms with Crippen LogP contribution in [0, 0.1) is 19.3 Å². The highest BCUT2D eigenvalue weighted by atomic mass is 32.2. The van der Waals surface area contributed by atoms with E-state index in [1.165, 1.54) is 25.3 Å². The lowest BCUT2D eigenvalue weighted by molar-refractivity contribution is 0.400. The molecule has 0 spiro atoms. The lowest BCUT2D eigenvalue weighted by Crippen LogP contribution is -2.13. The molecule has 0 atom stereocenters. The van der Waals surface area contributed by atoms with Crippen LogP contribution in [0.5, 0.6) is 5.75 Å². The van der Waals surface area contributed by atoms with Gasteiger partial charge in [0.1, 0.15) is 11.5 Å². The predicted molar refractivity (Wildman–Crippen MR) is 82.4 cm³/mol. The van der Waals surface area contributed by atoms with E-state index < -0.39 is 10.0 Å². The van der Waals surface area contributed by atoms with Crippen LogP contribution in [0.1, 0.15) is 5.76 Å². The summed E-state index contributed by atoms with van der Waals surface area (Å²) in [6.07, 6.45) is 5.18. The maximum absolute atomic E-state index is 12.3. The summed E-state index contributed by atoms with van der Waals surface area (Å²) in [5, 5.41) is 6.54. The number of rotatable bonds is 6. The van der Waals surface area contributed by atoms with E-state index in [0.29, 0.717) is 23.7 Å². The smallest absolute Gasteiger partial charge is 0.263 e. The van der Waals surface area contributed by atoms with Crippen molar-refractivity contribution in [1.82, 2.24) is 5.16 Å². The summed E-state index contributed by atoms with van der Waals surface area (Å²) >= 11 is 0. The van der Waals surface area contributed by atoms with Crippen LogP contribution >= 0.6 is 0 Å². The number of sulfonamides is 1. The molecule has 0 saturated heterocycles. The van der Waals surface area contributed by atoms with Crippen LogP contribution in [0.25, 0.3) is 0 Å². The standard InChI is InChI=1S/C14H15N3O4S/c1-4-7-15-12-6-5-11(9-13(12)20-3)22(18,19)17-14-8-10(2)21-16-14/h1,5-6,8-9,15H,7H2,2-3H3,(H,16,17). The zero-order chi connectivity index (χ0) is 16.2. The monoisotopic (exact) mass is 321 g/mol. The molecule has 0 aliphatic rings. The Morgan fingerprint density at radius 2 is 2.18 bits per heavy atom. The fourth-order valence-electron chi connectivity index (χ4n) is 1.74. The van der Waals surface area contributed by atoms with Crippen LogP contribution in [-0.4, -0.2) is 27.2 Å². The van der Waals surface area contributed by atoms with Gasteiger partial charge in [-0.3, -0.25) is 4.72 Å². The molecule has 7 nitrogen and oxygen atoms in total. The van der Waals surface area contributed by atoms with Gasteiger partial charge in [0, 0.05) is 12.1 Å². The van der Waals surface area contributed by atoms with Crippen molar-refractivity contribution in [2.45, 2.75) is 11.8 Å². The number of methoxy groups -OCH3 is 1. The second kappa shape index (κ2) is 6.41. The van der Waals surface area contributed by atoms with Gasteiger partial charge in [-0.15, -0.1) is 6.42 Å². The summed E-state index contributed by atoms with van der Waals surface area (Å²) in [6, 6.07) is 5.90. The molecule has 22 heavy (non-hydrogen) atoms. The van der Waals surface area contributed by atoms with Crippen molar-refractivity contribution >= 4 is 21.5 Å². The van der Waals surface area contributed by atoms with E-state index in [1.54, 1.807) is 13.0 Å². The number of nitrogens with zero attached hydrogens (tertiary/aromatic N) is 1. The van der Waals surface area contributed by atoms with E-state index in [2.05, 4.69) is 21.1 Å². The minimum Gasteiger partial charge on any atom is -0.495 e. The van der Waals surface area contributed by atoms with E-state index in [4.69, 9.17) is 15.7 Å². The van der Waals surface area contributed by atoms with Gasteiger partial charge >= 0.3 is 0 Å². The molecule has 2 aromatic rings. The van der Waals surface area contributed by atoms with Gasteiger partial charge in [-0.25, -0.2) is 8.42 Å². The molecule has 0 bridgehead atoms. The van der Waals surface area contributed by atoms with Crippen molar-refractivity contribution in [3.8, 4) is 18.1 Å². The van der Waals surface area contributed by atoms with E-state index in [1.807, 2.05) is 0 Å². The van der Waals surface area contributed by atoms with Crippen molar-refractivity contribution in [2.24, 2.45) is 0 Å². The van der Waals surface area contributed by atoms with Crippen LogP contribution < -0.4 is 14.8 Å². The number of hydrogen-bond acceptors (Lipinski definition) is 6. The first kappa shape index (κ1) is 15.7. The summed E-state index contributed by atoms with van der Waals surface area (Å²) in [5.74, 6) is 3.42. The molecule has 116 valence electrons. The molecular weight excluding hydrogens is 306 g/mol. The fraction of sp³-hybridized carbons (Fsp3) is 0.214. The quantitative estimate of drug-likeness (QED) is 0.789. The predicted octanol–water partition coefficient (Wildman–Crippen LogP) is 1.84. The highest BCUT2D eigenvalue weighted by Crippen LogP contribution is 2.28. The fourth-order valence-corrected chi connectivity index (χ4v) is 2.74. The summed E-state index contributed by atoms with van der Waals surface area (Å²) < 4.78 is 36.9. The summed E-state index contributed by atoms with van der Waals surface area (Å²) in [6.45, 7) is 1.97. The molecule has 0 fully saturated rings. The van der Waals surface area contributed by atoms with E-state index >= 15 is 0 Å². The SMILES string of the molecule is C#CCNc1ccc(S(=O)(=O)Nc2cc(C)on2)cc1OC. The molecule has 0 radical (unpaired) electrons. The molecule has 0 unspecified atom stereocenters. The maximum atomic E-state index is 12.3. The number of nitrogens with one attached hydrogen (secondary N) is 2. The molecular formula is C14H15N3O4S. The number of ether oxygens (including phenoxy) is 1. The van der Waals surface area contributed by atoms with Crippen molar-refractivity contribution in [3.05, 3.63) is 30.0 Å². The van der Waals surface area contributed by atoms with Gasteiger partial charge < -0.3 is 14.6 Å². The Hall–Kier alpha value is -2.66. The third kappa shape index (κ3) is 3.51. The Balaban J connectivity index is 2.29. The minimum atomic E-state index is -3.79. The number of anilines is 2. The van der Waals surface area contributed by atoms with Crippen molar-refractivity contribution in [3.63, 3.8) is 0 Å². The van der Waals surface area contributed by atoms with Crippen molar-refractivity contribution < 1.29 is 17.7 Å². The molecule has 2 N–H and O–H groups in total. The first-order valence-corrected chi connectivity index (χ1v) is 7.76. The van der Waals surface area contributed by atoms with Crippen molar-refractivity contribution in [1.29, 1.82) is 0 Å². The first-order chi connectivity index (χ1) is 10.5.